The molecule has 0 saturated heterocycles. The molecule has 0 aliphatic heterocycles. The summed E-state index contributed by atoms with van der Waals surface area (Å²) >= 11 is 0. The standard InChI is InChI=1S/C15H25NO3/c1-12(10-16-11-15-7-4-8-18-15)19-14-6-3-5-13(9-14)17-2/h4,7-8,12-14,16H,3,5-6,9-11H2,1-2H3. The third-order valence-corrected chi connectivity index (χ3v) is 3.65. The lowest BCUT2D eigenvalue weighted by Gasteiger charge is -2.30. The van der Waals surface area contributed by atoms with E-state index in [-0.39, 0.29) is 6.10 Å². The van der Waals surface area contributed by atoms with Crippen molar-refractivity contribution in [3.05, 3.63) is 24.2 Å². The van der Waals surface area contributed by atoms with Gasteiger partial charge in [-0.25, -0.2) is 0 Å². The third kappa shape index (κ3) is 4.97. The van der Waals surface area contributed by atoms with Gasteiger partial charge in [0.05, 0.1) is 31.1 Å². The highest BCUT2D eigenvalue weighted by Crippen LogP contribution is 2.23. The maximum Gasteiger partial charge on any atom is 0.117 e. The number of ether oxygens (including phenoxy) is 2. The summed E-state index contributed by atoms with van der Waals surface area (Å²) in [4.78, 5) is 0. The predicted octanol–water partition coefficient (Wildman–Crippen LogP) is 2.73. The van der Waals surface area contributed by atoms with Crippen LogP contribution >= 0.6 is 0 Å². The van der Waals surface area contributed by atoms with E-state index in [0.717, 1.165) is 31.7 Å². The molecule has 4 nitrogen and oxygen atoms in total. The highest BCUT2D eigenvalue weighted by atomic mass is 16.5. The van der Waals surface area contributed by atoms with Crippen molar-refractivity contribution in [2.45, 2.75) is 57.5 Å². The van der Waals surface area contributed by atoms with Crippen LogP contribution in [0, 0.1) is 0 Å². The van der Waals surface area contributed by atoms with Crippen molar-refractivity contribution >= 4 is 0 Å². The van der Waals surface area contributed by atoms with Crippen molar-refractivity contribution in [3.63, 3.8) is 0 Å². The van der Waals surface area contributed by atoms with Gasteiger partial charge < -0.3 is 19.2 Å². The van der Waals surface area contributed by atoms with E-state index in [2.05, 4.69) is 12.2 Å². The first kappa shape index (κ1) is 14.6. The van der Waals surface area contributed by atoms with Crippen molar-refractivity contribution in [3.8, 4) is 0 Å². The van der Waals surface area contributed by atoms with E-state index >= 15 is 0 Å². The topological polar surface area (TPSA) is 43.6 Å². The lowest BCUT2D eigenvalue weighted by molar-refractivity contribution is -0.0581. The van der Waals surface area contributed by atoms with Crippen LogP contribution in [0.25, 0.3) is 0 Å². The van der Waals surface area contributed by atoms with E-state index in [1.807, 2.05) is 12.1 Å². The summed E-state index contributed by atoms with van der Waals surface area (Å²) in [6, 6.07) is 3.88. The largest absolute Gasteiger partial charge is 0.468 e. The molecular formula is C15H25NO3. The Morgan fingerprint density at radius 1 is 1.42 bits per heavy atom. The van der Waals surface area contributed by atoms with Gasteiger partial charge in [-0.2, -0.15) is 0 Å². The quantitative estimate of drug-likeness (QED) is 0.825. The van der Waals surface area contributed by atoms with Crippen LogP contribution in [0.5, 0.6) is 0 Å². The number of hydrogen-bond donors (Lipinski definition) is 1. The first-order valence-corrected chi connectivity index (χ1v) is 7.19. The summed E-state index contributed by atoms with van der Waals surface area (Å²) in [5.74, 6) is 0.962. The summed E-state index contributed by atoms with van der Waals surface area (Å²) in [5.41, 5.74) is 0. The van der Waals surface area contributed by atoms with Gasteiger partial charge in [0.1, 0.15) is 5.76 Å². The lowest BCUT2D eigenvalue weighted by Crippen LogP contribution is -2.34. The Morgan fingerprint density at radius 2 is 2.26 bits per heavy atom. The average Bonchev–Trinajstić information content (AvgIpc) is 2.92. The summed E-state index contributed by atoms with van der Waals surface area (Å²) in [7, 11) is 1.79. The monoisotopic (exact) mass is 267 g/mol. The van der Waals surface area contributed by atoms with Crippen LogP contribution in [0.4, 0.5) is 0 Å². The first-order chi connectivity index (χ1) is 9.28. The van der Waals surface area contributed by atoms with Crippen LogP contribution < -0.4 is 5.32 Å². The fraction of sp³-hybridized carbons (Fsp3) is 0.733. The predicted molar refractivity (Wildman–Crippen MR) is 74.0 cm³/mol. The van der Waals surface area contributed by atoms with Crippen LogP contribution in [-0.4, -0.2) is 32.0 Å². The van der Waals surface area contributed by atoms with Gasteiger partial charge in [-0.15, -0.1) is 0 Å². The van der Waals surface area contributed by atoms with Gasteiger partial charge in [-0.05, 0) is 44.7 Å². The van der Waals surface area contributed by atoms with Crippen LogP contribution in [0.1, 0.15) is 38.4 Å². The van der Waals surface area contributed by atoms with Crippen molar-refractivity contribution in [2.75, 3.05) is 13.7 Å². The van der Waals surface area contributed by atoms with E-state index in [0.29, 0.717) is 12.2 Å². The van der Waals surface area contributed by atoms with Crippen molar-refractivity contribution in [1.82, 2.24) is 5.32 Å². The van der Waals surface area contributed by atoms with Crippen molar-refractivity contribution in [1.29, 1.82) is 0 Å². The molecule has 1 saturated carbocycles. The number of methoxy groups -OCH3 is 1. The molecule has 0 radical (unpaired) electrons. The molecule has 108 valence electrons. The van der Waals surface area contributed by atoms with Gasteiger partial charge in [0.15, 0.2) is 0 Å². The normalized spacial score (nSPS) is 25.4. The summed E-state index contributed by atoms with van der Waals surface area (Å²) in [6.07, 6.45) is 7.19. The molecule has 0 amide bonds. The summed E-state index contributed by atoms with van der Waals surface area (Å²) in [5, 5.41) is 3.35. The fourth-order valence-electron chi connectivity index (χ4n) is 2.63. The molecule has 1 heterocycles. The Labute approximate surface area is 115 Å². The van der Waals surface area contributed by atoms with Gasteiger partial charge in [0.25, 0.3) is 0 Å². The Hall–Kier alpha value is -0.840. The average molecular weight is 267 g/mol. The Morgan fingerprint density at radius 3 is 3.00 bits per heavy atom. The molecule has 1 aliphatic carbocycles. The van der Waals surface area contributed by atoms with Crippen LogP contribution in [0.15, 0.2) is 22.8 Å². The molecule has 19 heavy (non-hydrogen) atoms. The van der Waals surface area contributed by atoms with E-state index < -0.39 is 0 Å². The van der Waals surface area contributed by atoms with E-state index in [1.54, 1.807) is 13.4 Å². The Kier molecular flexibility index (Phi) is 5.89. The molecule has 0 spiro atoms. The van der Waals surface area contributed by atoms with Gasteiger partial charge in [0, 0.05) is 13.7 Å². The number of furan rings is 1. The molecule has 4 heteroatoms. The highest BCUT2D eigenvalue weighted by Gasteiger charge is 2.23. The van der Waals surface area contributed by atoms with Gasteiger partial charge in [0.2, 0.25) is 0 Å². The number of hydrogen-bond acceptors (Lipinski definition) is 4. The smallest absolute Gasteiger partial charge is 0.117 e. The van der Waals surface area contributed by atoms with Crippen LogP contribution in [0.2, 0.25) is 0 Å². The van der Waals surface area contributed by atoms with E-state index in [4.69, 9.17) is 13.9 Å². The van der Waals surface area contributed by atoms with Crippen LogP contribution in [0.3, 0.4) is 0 Å². The number of rotatable bonds is 7. The molecular weight excluding hydrogens is 242 g/mol. The Bertz CT molecular complexity index is 339. The number of nitrogens with one attached hydrogen (secondary N) is 1. The second kappa shape index (κ2) is 7.68. The Balaban J connectivity index is 1.62. The molecule has 0 bridgehead atoms. The van der Waals surface area contributed by atoms with Gasteiger partial charge in [-0.1, -0.05) is 0 Å². The lowest BCUT2D eigenvalue weighted by atomic mass is 9.95. The molecule has 0 aromatic carbocycles. The SMILES string of the molecule is COC1CCCC(OC(C)CNCc2ccco2)C1. The van der Waals surface area contributed by atoms with E-state index in [9.17, 15) is 0 Å². The first-order valence-electron chi connectivity index (χ1n) is 7.19. The maximum atomic E-state index is 6.07. The van der Waals surface area contributed by atoms with Gasteiger partial charge >= 0.3 is 0 Å². The van der Waals surface area contributed by atoms with E-state index in [1.165, 1.54) is 12.8 Å². The second-order valence-corrected chi connectivity index (χ2v) is 5.30. The van der Waals surface area contributed by atoms with Crippen molar-refractivity contribution < 1.29 is 13.9 Å². The highest BCUT2D eigenvalue weighted by molar-refractivity contribution is 4.97. The fourth-order valence-corrected chi connectivity index (χ4v) is 2.63. The zero-order valence-electron chi connectivity index (χ0n) is 11.9. The van der Waals surface area contributed by atoms with Crippen LogP contribution in [-0.2, 0) is 16.0 Å². The molecule has 1 aliphatic rings. The zero-order chi connectivity index (χ0) is 13.5. The zero-order valence-corrected chi connectivity index (χ0v) is 11.9. The second-order valence-electron chi connectivity index (χ2n) is 5.30. The molecule has 1 aromatic heterocycles. The summed E-state index contributed by atoms with van der Waals surface area (Å²) in [6.45, 7) is 3.71. The minimum absolute atomic E-state index is 0.218. The summed E-state index contributed by atoms with van der Waals surface area (Å²) < 4.78 is 16.8. The molecule has 3 atom stereocenters. The molecule has 3 unspecified atom stereocenters. The minimum atomic E-state index is 0.218. The molecule has 1 fully saturated rings. The molecule has 1 aromatic rings. The van der Waals surface area contributed by atoms with Crippen molar-refractivity contribution in [2.24, 2.45) is 0 Å². The molecule has 1 N–H and O–H groups in total. The molecule has 2 rings (SSSR count). The maximum absolute atomic E-state index is 6.07. The van der Waals surface area contributed by atoms with Gasteiger partial charge in [-0.3, -0.25) is 0 Å². The minimum Gasteiger partial charge on any atom is -0.468 e. The third-order valence-electron chi connectivity index (χ3n) is 3.65.